The van der Waals surface area contributed by atoms with Gasteiger partial charge in [-0.2, -0.15) is 0 Å². The highest BCUT2D eigenvalue weighted by atomic mass is 28.3. The second kappa shape index (κ2) is 4.36. The molecule has 82 valence electrons. The zero-order valence-corrected chi connectivity index (χ0v) is 11.5. The van der Waals surface area contributed by atoms with Gasteiger partial charge >= 0.3 is 0 Å². The summed E-state index contributed by atoms with van der Waals surface area (Å²) in [6.07, 6.45) is 0. The lowest BCUT2D eigenvalue weighted by atomic mass is 10.2. The topological polar surface area (TPSA) is 0 Å². The standard InChI is InChI=1S/C14H22Si/c1-14(2,3)15(4,5)12-11-13-9-7-6-8-10-13/h6-12H,1-5H3/b12-11+/i11D. The molecule has 1 aromatic carbocycles. The van der Waals surface area contributed by atoms with E-state index in [0.29, 0.717) is 11.1 Å². The molecule has 0 nitrogen and oxygen atoms in total. The van der Waals surface area contributed by atoms with Crippen molar-refractivity contribution in [2.24, 2.45) is 0 Å². The molecule has 0 saturated carbocycles. The molecule has 15 heavy (non-hydrogen) atoms. The lowest BCUT2D eigenvalue weighted by Crippen LogP contribution is -2.34. The van der Waals surface area contributed by atoms with Gasteiger partial charge in [0.1, 0.15) is 0 Å². The second-order valence-corrected chi connectivity index (χ2v) is 10.9. The predicted molar refractivity (Wildman–Crippen MR) is 72.7 cm³/mol. The minimum Gasteiger partial charge on any atom is -0.0936 e. The van der Waals surface area contributed by atoms with E-state index >= 15 is 0 Å². The molecule has 0 aliphatic carbocycles. The van der Waals surface area contributed by atoms with Crippen molar-refractivity contribution in [1.82, 2.24) is 0 Å². The van der Waals surface area contributed by atoms with Crippen molar-refractivity contribution in [2.45, 2.75) is 38.9 Å². The maximum atomic E-state index is 8.14. The van der Waals surface area contributed by atoms with Crippen LogP contribution in [-0.4, -0.2) is 8.07 Å². The molecule has 0 aliphatic rings. The van der Waals surface area contributed by atoms with Gasteiger partial charge in [-0.1, -0.05) is 75.9 Å². The lowest BCUT2D eigenvalue weighted by Gasteiger charge is -2.34. The Labute approximate surface area is 96.4 Å². The first-order valence-corrected chi connectivity index (χ1v) is 8.57. The zero-order chi connectivity index (χ0) is 12.4. The van der Waals surface area contributed by atoms with Gasteiger partial charge in [-0.15, -0.1) is 0 Å². The summed E-state index contributed by atoms with van der Waals surface area (Å²) in [5, 5.41) is 0.300. The van der Waals surface area contributed by atoms with E-state index < -0.39 is 8.07 Å². The highest BCUT2D eigenvalue weighted by molar-refractivity contribution is 6.85. The van der Waals surface area contributed by atoms with Crippen LogP contribution in [0.1, 0.15) is 27.7 Å². The molecular weight excluding hydrogens is 196 g/mol. The monoisotopic (exact) mass is 219 g/mol. The van der Waals surface area contributed by atoms with Crippen molar-refractivity contribution in [1.29, 1.82) is 0 Å². The molecule has 0 radical (unpaired) electrons. The van der Waals surface area contributed by atoms with Gasteiger partial charge in [0, 0.05) is 0 Å². The maximum absolute atomic E-state index is 8.14. The Morgan fingerprint density at radius 1 is 1.13 bits per heavy atom. The van der Waals surface area contributed by atoms with Gasteiger partial charge in [0.2, 0.25) is 0 Å². The molecule has 0 aromatic heterocycles. The van der Waals surface area contributed by atoms with Gasteiger partial charge in [-0.05, 0) is 10.6 Å². The third kappa shape index (κ3) is 3.35. The fourth-order valence-electron chi connectivity index (χ4n) is 1.01. The van der Waals surface area contributed by atoms with E-state index in [2.05, 4.69) is 39.6 Å². The highest BCUT2D eigenvalue weighted by Gasteiger charge is 2.32. The summed E-state index contributed by atoms with van der Waals surface area (Å²) in [7, 11) is -1.50. The van der Waals surface area contributed by atoms with Crippen LogP contribution < -0.4 is 0 Å². The van der Waals surface area contributed by atoms with Gasteiger partial charge in [0.05, 0.1) is 9.44 Å². The molecule has 0 N–H and O–H groups in total. The van der Waals surface area contributed by atoms with Gasteiger partial charge in [0.25, 0.3) is 0 Å². The third-order valence-corrected chi connectivity index (χ3v) is 8.04. The van der Waals surface area contributed by atoms with E-state index in [1.165, 1.54) is 0 Å². The second-order valence-electron chi connectivity index (χ2n) is 5.63. The summed E-state index contributed by atoms with van der Waals surface area (Å²) in [5.41, 5.74) is 3.22. The normalized spacial score (nSPS) is 15.0. The molecule has 0 bridgehead atoms. The zero-order valence-electron chi connectivity index (χ0n) is 11.5. The Kier molecular flexibility index (Phi) is 3.10. The quantitative estimate of drug-likeness (QED) is 0.630. The van der Waals surface area contributed by atoms with Crippen LogP contribution in [0, 0.1) is 0 Å². The van der Waals surface area contributed by atoms with Gasteiger partial charge in [-0.3, -0.25) is 0 Å². The molecule has 0 atom stereocenters. The van der Waals surface area contributed by atoms with Crippen LogP contribution in [0.3, 0.4) is 0 Å². The highest BCUT2D eigenvalue weighted by Crippen LogP contribution is 2.36. The van der Waals surface area contributed by atoms with E-state index in [1.54, 1.807) is 0 Å². The molecule has 0 fully saturated rings. The summed E-state index contributed by atoms with van der Waals surface area (Å²) in [5.74, 6) is 0. The minimum atomic E-state index is -1.50. The molecule has 0 heterocycles. The summed E-state index contributed by atoms with van der Waals surface area (Å²) < 4.78 is 8.14. The van der Waals surface area contributed by atoms with Crippen LogP contribution in [0.15, 0.2) is 36.0 Å². The van der Waals surface area contributed by atoms with Crippen molar-refractivity contribution in [3.8, 4) is 0 Å². The third-order valence-electron chi connectivity index (χ3n) is 3.31. The first-order chi connectivity index (χ1) is 7.24. The number of rotatable bonds is 2. The summed E-state index contributed by atoms with van der Waals surface area (Å²) in [6.45, 7) is 11.5. The van der Waals surface area contributed by atoms with Crippen molar-refractivity contribution in [3.05, 3.63) is 41.6 Å². The molecule has 0 unspecified atom stereocenters. The van der Waals surface area contributed by atoms with E-state index in [0.717, 1.165) is 5.56 Å². The fourth-order valence-corrected chi connectivity index (χ4v) is 1.98. The molecular formula is C14H22Si. The molecule has 0 amide bonds. The van der Waals surface area contributed by atoms with Crippen LogP contribution in [-0.2, 0) is 0 Å². The largest absolute Gasteiger partial charge is 0.0936 e. The Bertz CT molecular complexity index is 371. The van der Waals surface area contributed by atoms with Crippen molar-refractivity contribution >= 4 is 14.1 Å². The van der Waals surface area contributed by atoms with Crippen LogP contribution in [0.4, 0.5) is 0 Å². The van der Waals surface area contributed by atoms with E-state index in [-0.39, 0.29) is 0 Å². The van der Waals surface area contributed by atoms with Crippen LogP contribution in [0.5, 0.6) is 0 Å². The van der Waals surface area contributed by atoms with Gasteiger partial charge in [0.15, 0.2) is 0 Å². The predicted octanol–water partition coefficient (Wildman–Crippen LogP) is 4.75. The van der Waals surface area contributed by atoms with E-state index in [9.17, 15) is 0 Å². The number of hydrogen-bond donors (Lipinski definition) is 0. The number of hydrogen-bond acceptors (Lipinski definition) is 0. The molecule has 1 aromatic rings. The molecule has 0 aliphatic heterocycles. The van der Waals surface area contributed by atoms with Crippen molar-refractivity contribution in [3.63, 3.8) is 0 Å². The van der Waals surface area contributed by atoms with E-state index in [1.807, 2.05) is 30.3 Å². The molecule has 1 heteroatoms. The number of benzene rings is 1. The fraction of sp³-hybridized carbons (Fsp3) is 0.429. The SMILES string of the molecule is [2H]/C(=C\[Si](C)(C)C(C)(C)C)c1ccccc1. The molecule has 0 spiro atoms. The minimum absolute atomic E-state index is 0.300. The smallest absolute Gasteiger partial charge is 0.0770 e. The summed E-state index contributed by atoms with van der Waals surface area (Å²) in [6, 6.07) is 10.7. The van der Waals surface area contributed by atoms with Gasteiger partial charge in [-0.25, -0.2) is 0 Å². The average Bonchev–Trinajstić information content (AvgIpc) is 2.16. The van der Waals surface area contributed by atoms with Gasteiger partial charge < -0.3 is 0 Å². The van der Waals surface area contributed by atoms with Crippen LogP contribution in [0.25, 0.3) is 6.05 Å². The summed E-state index contributed by atoms with van der Waals surface area (Å²) in [4.78, 5) is 0. The van der Waals surface area contributed by atoms with Crippen LogP contribution >= 0.6 is 0 Å². The average molecular weight is 219 g/mol. The Hall–Kier alpha value is -0.823. The maximum Gasteiger partial charge on any atom is 0.0770 e. The van der Waals surface area contributed by atoms with Crippen LogP contribution in [0.2, 0.25) is 18.1 Å². The molecule has 1 rings (SSSR count). The lowest BCUT2D eigenvalue weighted by molar-refractivity contribution is 0.729. The first-order valence-electron chi connectivity index (χ1n) is 5.99. The Morgan fingerprint density at radius 3 is 2.13 bits per heavy atom. The van der Waals surface area contributed by atoms with Crippen molar-refractivity contribution in [2.75, 3.05) is 0 Å². The van der Waals surface area contributed by atoms with Crippen molar-refractivity contribution < 1.29 is 1.37 Å². The first kappa shape index (κ1) is 10.7. The Balaban J connectivity index is 3.03. The van der Waals surface area contributed by atoms with E-state index in [4.69, 9.17) is 1.37 Å². The molecule has 0 saturated heterocycles. The Morgan fingerprint density at radius 2 is 1.67 bits per heavy atom. The summed E-state index contributed by atoms with van der Waals surface area (Å²) >= 11 is 0.